The van der Waals surface area contributed by atoms with Crippen LogP contribution in [0.5, 0.6) is 0 Å². The molecule has 5 atom stereocenters. The Morgan fingerprint density at radius 2 is 0.712 bits per heavy atom. The van der Waals surface area contributed by atoms with Crippen LogP contribution in [0.1, 0.15) is 41.5 Å². The molecule has 0 fully saturated rings. The third-order valence-corrected chi connectivity index (χ3v) is 8.16. The number of halogens is 33. The van der Waals surface area contributed by atoms with Crippen LogP contribution in [0.25, 0.3) is 0 Å². The average molecular weight is 1250 g/mol. The first-order valence-electron chi connectivity index (χ1n) is 12.8. The summed E-state index contributed by atoms with van der Waals surface area (Å²) >= 11 is 4.73. The summed E-state index contributed by atoms with van der Waals surface area (Å²) in [5.74, 6) is 0. The van der Waals surface area contributed by atoms with Crippen molar-refractivity contribution in [2.24, 2.45) is 0 Å². The normalized spacial score (nSPS) is 18.4. The van der Waals surface area contributed by atoms with Gasteiger partial charge in [-0.2, -0.15) is 105 Å². The molecule has 0 heterocycles. The SMILES string of the molecule is C.C=CC(C)(F)C(F)(F)F.CC(F)(/C=C/C(F)(C(F)(F)F)C(F)(F)F)C(F)(F)F.CC(F)(C(I)CC(F)(C(F)(F)F)C(F)(F)F)C(F)(F)F.CC(F)(I)C(F)(F)F.[Cl][Cu]. The van der Waals surface area contributed by atoms with E-state index in [2.05, 4.69) is 31.8 Å². The van der Waals surface area contributed by atoms with Crippen molar-refractivity contribution in [2.75, 3.05) is 0 Å². The summed E-state index contributed by atoms with van der Waals surface area (Å²) < 4.78 is 354. The molecular weight excluding hydrogens is 1220 g/mol. The van der Waals surface area contributed by atoms with Gasteiger partial charge in [-0.1, -0.05) is 36.6 Å². The molecule has 34 heteroatoms. The number of hydrogen-bond donors (Lipinski definition) is 0. The summed E-state index contributed by atoms with van der Waals surface area (Å²) in [6.07, 6.45) is -52.5. The van der Waals surface area contributed by atoms with Crippen molar-refractivity contribution < 1.29 is 147 Å². The summed E-state index contributed by atoms with van der Waals surface area (Å²) in [6, 6.07) is 0. The molecule has 0 spiro atoms. The van der Waals surface area contributed by atoms with Crippen molar-refractivity contribution >= 4 is 55.3 Å². The first-order chi connectivity index (χ1) is 24.4. The maximum atomic E-state index is 13.3. The molecule has 366 valence electrons. The number of hydrogen-bond acceptors (Lipinski definition) is 0. The summed E-state index contributed by atoms with van der Waals surface area (Å²) in [6.45, 7) is 2.98. The molecule has 0 aliphatic carbocycles. The van der Waals surface area contributed by atoms with E-state index in [4.69, 9.17) is 0 Å². The average Bonchev–Trinajstić information content (AvgIpc) is 2.92. The fourth-order valence-corrected chi connectivity index (χ4v) is 2.80. The maximum absolute atomic E-state index is 13.3. The third-order valence-electron chi connectivity index (χ3n) is 5.94. The van der Waals surface area contributed by atoms with Crippen LogP contribution in [-0.4, -0.2) is 85.4 Å². The Bertz CT molecular complexity index is 1200. The van der Waals surface area contributed by atoms with Gasteiger partial charge in [-0.25, -0.2) is 26.3 Å². The van der Waals surface area contributed by atoms with Gasteiger partial charge in [0.05, 0.1) is 3.92 Å². The van der Waals surface area contributed by atoms with Crippen LogP contribution < -0.4 is 0 Å². The standard InChI is InChI=1S/C8H6F11I.C8H5F11.C5H6F4.C3H3F4I.CH4.ClH.Cu/c1-4(9,6(11,12)13)3(20)2-5(10,7(14,15)16)8(17,18)19;1-4(9,6(11,12)13)2-3-5(10,7(14,15)16)8(17,18)19;1-3-4(2,6)5(7,8)9;1-2(4,8)3(5,6)7;;;/h3H,2H2,1H3;2-3H,1H3;3H,1H2,2H3;1H3;1H4;1H;/q;;;;;;+1/p-1/b;3-2+;;;;;. The molecule has 0 bridgehead atoms. The van der Waals surface area contributed by atoms with Gasteiger partial charge in [0.15, 0.2) is 0 Å². The van der Waals surface area contributed by atoms with Crippen LogP contribution in [0.3, 0.4) is 0 Å². The van der Waals surface area contributed by atoms with Gasteiger partial charge in [-0.15, -0.1) is 0 Å². The van der Waals surface area contributed by atoms with Crippen LogP contribution in [0.15, 0.2) is 24.8 Å². The summed E-state index contributed by atoms with van der Waals surface area (Å²) in [7, 11) is 4.20. The molecule has 5 unspecified atom stereocenters. The van der Waals surface area contributed by atoms with E-state index < -0.39 is 104 Å². The Hall–Kier alpha value is -0.351. The van der Waals surface area contributed by atoms with Crippen LogP contribution in [-0.2, 0) is 15.1 Å². The summed E-state index contributed by atoms with van der Waals surface area (Å²) in [5.41, 5.74) is -24.2. The van der Waals surface area contributed by atoms with Crippen LogP contribution in [0, 0.1) is 0 Å². The molecule has 0 aromatic rings. The van der Waals surface area contributed by atoms with E-state index in [9.17, 15) is 132 Å². The fraction of sp³-hybridized carbons (Fsp3) is 0.840. The Morgan fingerprint density at radius 3 is 0.847 bits per heavy atom. The Labute approximate surface area is 352 Å². The molecule has 0 aliphatic heterocycles. The summed E-state index contributed by atoms with van der Waals surface area (Å²) in [5, 5.41) is 0. The van der Waals surface area contributed by atoms with Gasteiger partial charge in [0, 0.05) is 6.42 Å². The molecule has 0 N–H and O–H groups in total. The molecule has 0 aromatic heterocycles. The zero-order chi connectivity index (χ0) is 49.4. The molecule has 0 saturated heterocycles. The molecule has 0 aromatic carbocycles. The van der Waals surface area contributed by atoms with Crippen LogP contribution >= 0.6 is 55.3 Å². The second-order valence-electron chi connectivity index (χ2n) is 10.8. The number of alkyl halides is 32. The molecule has 0 amide bonds. The van der Waals surface area contributed by atoms with E-state index in [1.54, 1.807) is 0 Å². The van der Waals surface area contributed by atoms with Gasteiger partial charge in [-0.05, 0) is 68.5 Å². The fourth-order valence-electron chi connectivity index (χ4n) is 1.84. The van der Waals surface area contributed by atoms with Gasteiger partial charge in [-0.3, -0.25) is 0 Å². The number of rotatable bonds is 6. The van der Waals surface area contributed by atoms with Crippen molar-refractivity contribution in [1.29, 1.82) is 0 Å². The Kier molecular flexibility index (Phi) is 26.8. The molecule has 0 saturated carbocycles. The van der Waals surface area contributed by atoms with Gasteiger partial charge in [0.2, 0.25) is 17.0 Å². The van der Waals surface area contributed by atoms with Gasteiger partial charge < -0.3 is 0 Å². The Balaban J connectivity index is -0.000000166. The van der Waals surface area contributed by atoms with E-state index >= 15 is 0 Å². The molecular formula is C25H24ClCuF30I2. The van der Waals surface area contributed by atoms with Crippen molar-refractivity contribution in [3.05, 3.63) is 24.8 Å². The zero-order valence-corrected chi connectivity index (χ0v) is 33.5. The molecule has 0 aliphatic rings. The van der Waals surface area contributed by atoms with Crippen molar-refractivity contribution in [2.45, 2.75) is 127 Å². The Morgan fingerprint density at radius 1 is 0.458 bits per heavy atom. The second kappa shape index (κ2) is 22.5. The number of allylic oxidation sites excluding steroid dienone is 3. The van der Waals surface area contributed by atoms with E-state index in [1.807, 2.05) is 0 Å². The summed E-state index contributed by atoms with van der Waals surface area (Å²) in [4.78, 5) is 0. The predicted molar refractivity (Wildman–Crippen MR) is 163 cm³/mol. The van der Waals surface area contributed by atoms with E-state index in [1.165, 1.54) is 0 Å². The topological polar surface area (TPSA) is 0 Å². The van der Waals surface area contributed by atoms with Crippen molar-refractivity contribution in [3.63, 3.8) is 0 Å². The second-order valence-corrected chi connectivity index (χ2v) is 14.3. The predicted octanol–water partition coefficient (Wildman–Crippen LogP) is 16.4. The first-order valence-corrected chi connectivity index (χ1v) is 16.5. The van der Waals surface area contributed by atoms with Gasteiger partial charge >= 0.3 is 80.3 Å². The van der Waals surface area contributed by atoms with Gasteiger partial charge in [0.25, 0.3) is 9.34 Å². The first kappa shape index (κ1) is 70.3. The van der Waals surface area contributed by atoms with E-state index in [-0.39, 0.29) is 27.4 Å². The van der Waals surface area contributed by atoms with E-state index in [0.29, 0.717) is 59.0 Å². The quantitative estimate of drug-likeness (QED) is 0.0817. The monoisotopic (exact) mass is 1250 g/mol. The van der Waals surface area contributed by atoms with Gasteiger partial charge in [0.1, 0.15) is 0 Å². The van der Waals surface area contributed by atoms with Crippen molar-refractivity contribution in [3.8, 4) is 0 Å². The molecule has 0 rings (SSSR count). The third kappa shape index (κ3) is 20.8. The van der Waals surface area contributed by atoms with Crippen molar-refractivity contribution in [1.82, 2.24) is 0 Å². The van der Waals surface area contributed by atoms with E-state index in [0.717, 1.165) is 0 Å². The minimum atomic E-state index is -6.58. The molecule has 0 nitrogen and oxygen atoms in total. The zero-order valence-electron chi connectivity index (χ0n) is 27.5. The van der Waals surface area contributed by atoms with Crippen LogP contribution in [0.2, 0.25) is 0 Å². The molecule has 0 radical (unpaired) electrons. The molecule has 59 heavy (non-hydrogen) atoms. The minimum absolute atomic E-state index is 0. The van der Waals surface area contributed by atoms with Crippen LogP contribution in [0.4, 0.5) is 132 Å².